The molecule has 2 aromatic carbocycles. The smallest absolute Gasteiger partial charge is 0.251 e. The number of hydrogen-bond donors (Lipinski definition) is 3. The van der Waals surface area contributed by atoms with Gasteiger partial charge in [0.25, 0.3) is 5.91 Å². The van der Waals surface area contributed by atoms with Crippen LogP contribution in [-0.4, -0.2) is 45.7 Å². The van der Waals surface area contributed by atoms with E-state index in [2.05, 4.69) is 16.0 Å². The Hall–Kier alpha value is -3.06. The third kappa shape index (κ3) is 6.10. The highest BCUT2D eigenvalue weighted by molar-refractivity contribution is 5.96. The molecule has 0 aliphatic heterocycles. The lowest BCUT2D eigenvalue weighted by Gasteiger charge is -2.10. The highest BCUT2D eigenvalue weighted by Crippen LogP contribution is 2.16. The fourth-order valence-corrected chi connectivity index (χ4v) is 2.18. The van der Waals surface area contributed by atoms with Crippen LogP contribution >= 0.6 is 0 Å². The Labute approximate surface area is 152 Å². The van der Waals surface area contributed by atoms with Crippen molar-refractivity contribution in [3.8, 4) is 5.75 Å². The third-order valence-corrected chi connectivity index (χ3v) is 3.50. The second kappa shape index (κ2) is 10.0. The largest absolute Gasteiger partial charge is 0.491 e. The van der Waals surface area contributed by atoms with Crippen molar-refractivity contribution in [3.05, 3.63) is 54.1 Å². The standard InChI is InChI=1S/C19H23N3O4/c1-20-19(24)14-4-3-5-16(12-14)21-13-18(23)22-15-6-8-17(9-7-15)26-11-10-25-2/h3-9,12,21H,10-11,13H2,1-2H3,(H,20,24)(H,22,23). The molecule has 0 aliphatic carbocycles. The fraction of sp³-hybridized carbons (Fsp3) is 0.263. The van der Waals surface area contributed by atoms with Crippen molar-refractivity contribution in [2.75, 3.05) is 44.5 Å². The molecule has 0 aromatic heterocycles. The molecule has 26 heavy (non-hydrogen) atoms. The number of ether oxygens (including phenoxy) is 2. The average molecular weight is 357 g/mol. The third-order valence-electron chi connectivity index (χ3n) is 3.50. The number of carbonyl (C=O) groups is 2. The van der Waals surface area contributed by atoms with Crippen molar-refractivity contribution in [3.63, 3.8) is 0 Å². The van der Waals surface area contributed by atoms with Crippen LogP contribution in [0.25, 0.3) is 0 Å². The van der Waals surface area contributed by atoms with E-state index in [1.807, 2.05) is 0 Å². The summed E-state index contributed by atoms with van der Waals surface area (Å²) in [5.74, 6) is 0.346. The molecule has 0 spiro atoms. The van der Waals surface area contributed by atoms with E-state index in [4.69, 9.17) is 9.47 Å². The average Bonchev–Trinajstić information content (AvgIpc) is 2.67. The summed E-state index contributed by atoms with van der Waals surface area (Å²) < 4.78 is 10.4. The zero-order chi connectivity index (χ0) is 18.8. The first-order valence-electron chi connectivity index (χ1n) is 8.20. The molecule has 7 nitrogen and oxygen atoms in total. The van der Waals surface area contributed by atoms with Gasteiger partial charge in [-0.3, -0.25) is 9.59 Å². The van der Waals surface area contributed by atoms with Crippen LogP contribution in [0.1, 0.15) is 10.4 Å². The van der Waals surface area contributed by atoms with Crippen LogP contribution in [0.15, 0.2) is 48.5 Å². The monoisotopic (exact) mass is 357 g/mol. The summed E-state index contributed by atoms with van der Waals surface area (Å²) >= 11 is 0. The van der Waals surface area contributed by atoms with E-state index in [0.717, 1.165) is 0 Å². The van der Waals surface area contributed by atoms with Crippen LogP contribution in [0.4, 0.5) is 11.4 Å². The normalized spacial score (nSPS) is 10.1. The van der Waals surface area contributed by atoms with Gasteiger partial charge in [0.1, 0.15) is 12.4 Å². The van der Waals surface area contributed by atoms with Crippen molar-refractivity contribution >= 4 is 23.2 Å². The SMILES string of the molecule is CNC(=O)c1cccc(NCC(=O)Nc2ccc(OCCOC)cc2)c1. The Morgan fingerprint density at radius 1 is 1.00 bits per heavy atom. The molecular weight excluding hydrogens is 334 g/mol. The summed E-state index contributed by atoms with van der Waals surface area (Å²) in [4.78, 5) is 23.7. The first-order valence-corrected chi connectivity index (χ1v) is 8.20. The van der Waals surface area contributed by atoms with E-state index in [1.165, 1.54) is 0 Å². The van der Waals surface area contributed by atoms with Gasteiger partial charge in [0, 0.05) is 31.1 Å². The molecule has 2 rings (SSSR count). The maximum atomic E-state index is 12.1. The second-order valence-electron chi connectivity index (χ2n) is 5.43. The number of rotatable bonds is 9. The van der Waals surface area contributed by atoms with Crippen LogP contribution in [-0.2, 0) is 9.53 Å². The molecule has 0 heterocycles. The molecule has 0 radical (unpaired) electrons. The van der Waals surface area contributed by atoms with Gasteiger partial charge in [0.05, 0.1) is 13.2 Å². The number of anilines is 2. The molecule has 0 saturated heterocycles. The minimum absolute atomic E-state index is 0.0866. The summed E-state index contributed by atoms with van der Waals surface area (Å²) in [6.07, 6.45) is 0. The summed E-state index contributed by atoms with van der Waals surface area (Å²) in [6, 6.07) is 14.1. The Balaban J connectivity index is 1.82. The van der Waals surface area contributed by atoms with E-state index in [9.17, 15) is 9.59 Å². The summed E-state index contributed by atoms with van der Waals surface area (Å²) in [6.45, 7) is 1.08. The molecule has 7 heteroatoms. The van der Waals surface area contributed by atoms with E-state index in [1.54, 1.807) is 62.7 Å². The number of nitrogens with one attached hydrogen (secondary N) is 3. The molecule has 0 saturated carbocycles. The lowest BCUT2D eigenvalue weighted by molar-refractivity contribution is -0.114. The Morgan fingerprint density at radius 2 is 1.77 bits per heavy atom. The van der Waals surface area contributed by atoms with Gasteiger partial charge in [-0.1, -0.05) is 6.07 Å². The topological polar surface area (TPSA) is 88.7 Å². The second-order valence-corrected chi connectivity index (χ2v) is 5.43. The molecule has 0 atom stereocenters. The van der Waals surface area contributed by atoms with Gasteiger partial charge in [-0.2, -0.15) is 0 Å². The van der Waals surface area contributed by atoms with Gasteiger partial charge in [-0.15, -0.1) is 0 Å². The molecular formula is C19H23N3O4. The highest BCUT2D eigenvalue weighted by Gasteiger charge is 2.06. The maximum absolute atomic E-state index is 12.1. The molecule has 2 amide bonds. The van der Waals surface area contributed by atoms with Crippen molar-refractivity contribution in [2.45, 2.75) is 0 Å². The van der Waals surface area contributed by atoms with Crippen LogP contribution in [0, 0.1) is 0 Å². The Bertz CT molecular complexity index is 732. The minimum Gasteiger partial charge on any atom is -0.491 e. The number of hydrogen-bond acceptors (Lipinski definition) is 5. The Kier molecular flexibility index (Phi) is 7.45. The zero-order valence-electron chi connectivity index (χ0n) is 14.9. The van der Waals surface area contributed by atoms with Crippen LogP contribution in [0.2, 0.25) is 0 Å². The van der Waals surface area contributed by atoms with Crippen molar-refractivity contribution in [2.24, 2.45) is 0 Å². The summed E-state index contributed by atoms with van der Waals surface area (Å²) in [5.41, 5.74) is 1.90. The Morgan fingerprint density at radius 3 is 2.46 bits per heavy atom. The van der Waals surface area contributed by atoms with Gasteiger partial charge < -0.3 is 25.4 Å². The summed E-state index contributed by atoms with van der Waals surface area (Å²) in [5, 5.41) is 8.36. The van der Waals surface area contributed by atoms with E-state index in [-0.39, 0.29) is 18.4 Å². The minimum atomic E-state index is -0.191. The van der Waals surface area contributed by atoms with Crippen molar-refractivity contribution in [1.29, 1.82) is 0 Å². The van der Waals surface area contributed by atoms with Crippen molar-refractivity contribution < 1.29 is 19.1 Å². The van der Waals surface area contributed by atoms with Crippen LogP contribution in [0.3, 0.4) is 0 Å². The lowest BCUT2D eigenvalue weighted by Crippen LogP contribution is -2.22. The predicted octanol–water partition coefficient (Wildman–Crippen LogP) is 2.12. The quantitative estimate of drug-likeness (QED) is 0.598. The number of methoxy groups -OCH3 is 1. The molecule has 0 fully saturated rings. The lowest BCUT2D eigenvalue weighted by atomic mass is 10.2. The summed E-state index contributed by atoms with van der Waals surface area (Å²) in [7, 11) is 3.19. The molecule has 138 valence electrons. The number of benzene rings is 2. The van der Waals surface area contributed by atoms with Gasteiger partial charge in [-0.25, -0.2) is 0 Å². The maximum Gasteiger partial charge on any atom is 0.251 e. The molecule has 3 N–H and O–H groups in total. The fourth-order valence-electron chi connectivity index (χ4n) is 2.18. The number of carbonyl (C=O) groups excluding carboxylic acids is 2. The zero-order valence-corrected chi connectivity index (χ0v) is 14.9. The van der Waals surface area contributed by atoms with E-state index >= 15 is 0 Å². The van der Waals surface area contributed by atoms with Crippen LogP contribution in [0.5, 0.6) is 5.75 Å². The predicted molar refractivity (Wildman–Crippen MR) is 101 cm³/mol. The molecule has 0 bridgehead atoms. The van der Waals surface area contributed by atoms with Gasteiger partial charge >= 0.3 is 0 Å². The van der Waals surface area contributed by atoms with Crippen molar-refractivity contribution in [1.82, 2.24) is 5.32 Å². The van der Waals surface area contributed by atoms with Gasteiger partial charge in [-0.05, 0) is 42.5 Å². The highest BCUT2D eigenvalue weighted by atomic mass is 16.5. The van der Waals surface area contributed by atoms with E-state index in [0.29, 0.717) is 35.9 Å². The first-order chi connectivity index (χ1) is 12.6. The molecule has 2 aromatic rings. The van der Waals surface area contributed by atoms with E-state index < -0.39 is 0 Å². The molecule has 0 unspecified atom stereocenters. The van der Waals surface area contributed by atoms with Gasteiger partial charge in [0.2, 0.25) is 5.91 Å². The first kappa shape index (κ1) is 19.3. The molecule has 0 aliphatic rings. The van der Waals surface area contributed by atoms with Crippen LogP contribution < -0.4 is 20.7 Å². The van der Waals surface area contributed by atoms with Gasteiger partial charge in [0.15, 0.2) is 0 Å². The number of amides is 2.